The molecule has 0 saturated heterocycles. The lowest BCUT2D eigenvalue weighted by Crippen LogP contribution is -2.39. The number of amides is 1. The molecule has 0 fully saturated rings. The van der Waals surface area contributed by atoms with Crippen molar-refractivity contribution in [1.29, 1.82) is 0 Å². The normalized spacial score (nSPS) is 13.9. The number of para-hydroxylation sites is 1. The van der Waals surface area contributed by atoms with Crippen LogP contribution in [0.15, 0.2) is 60.0 Å². The van der Waals surface area contributed by atoms with Crippen LogP contribution in [0.25, 0.3) is 10.6 Å². The zero-order chi connectivity index (χ0) is 18.8. The van der Waals surface area contributed by atoms with Crippen LogP contribution in [0.5, 0.6) is 0 Å². The molecule has 2 aromatic carbocycles. The van der Waals surface area contributed by atoms with Gasteiger partial charge in [0.05, 0.1) is 0 Å². The molecule has 1 aliphatic heterocycles. The summed E-state index contributed by atoms with van der Waals surface area (Å²) in [6.07, 6.45) is -0.0553. The Balaban J connectivity index is 1.44. The molecule has 0 saturated carbocycles. The number of carbonyl (C=O) groups excluding carboxylic acids is 2. The maximum atomic E-state index is 12.7. The summed E-state index contributed by atoms with van der Waals surface area (Å²) in [5.41, 5.74) is 3.20. The number of anilines is 1. The van der Waals surface area contributed by atoms with E-state index in [1.807, 2.05) is 54.6 Å². The Morgan fingerprint density at radius 1 is 1.11 bits per heavy atom. The number of esters is 1. The van der Waals surface area contributed by atoms with Gasteiger partial charge >= 0.3 is 5.97 Å². The molecule has 0 aliphatic carbocycles. The average Bonchev–Trinajstić information content (AvgIpc) is 3.35. The van der Waals surface area contributed by atoms with E-state index >= 15 is 0 Å². The van der Waals surface area contributed by atoms with Crippen molar-refractivity contribution < 1.29 is 14.3 Å². The van der Waals surface area contributed by atoms with E-state index in [0.29, 0.717) is 6.54 Å². The number of thiazole rings is 1. The number of rotatable bonds is 4. The van der Waals surface area contributed by atoms with Gasteiger partial charge in [0.25, 0.3) is 5.91 Å². The molecule has 6 heteroatoms. The first kappa shape index (κ1) is 17.4. The monoisotopic (exact) mass is 378 g/mol. The van der Waals surface area contributed by atoms with Crippen LogP contribution in [0.1, 0.15) is 23.0 Å². The minimum atomic E-state index is -0.870. The van der Waals surface area contributed by atoms with Crippen molar-refractivity contribution >= 4 is 28.9 Å². The summed E-state index contributed by atoms with van der Waals surface area (Å²) in [7, 11) is 0. The van der Waals surface area contributed by atoms with Gasteiger partial charge in [0.1, 0.15) is 5.01 Å². The van der Waals surface area contributed by atoms with Gasteiger partial charge in [0, 0.05) is 23.2 Å². The Kier molecular flexibility index (Phi) is 4.73. The molecule has 0 spiro atoms. The van der Waals surface area contributed by atoms with E-state index in [0.717, 1.165) is 28.2 Å². The highest BCUT2D eigenvalue weighted by Crippen LogP contribution is 2.28. The fourth-order valence-corrected chi connectivity index (χ4v) is 3.93. The van der Waals surface area contributed by atoms with Crippen LogP contribution >= 0.6 is 11.3 Å². The molecule has 0 radical (unpaired) electrons. The molecule has 0 N–H and O–H groups in total. The van der Waals surface area contributed by atoms with Gasteiger partial charge in [-0.1, -0.05) is 48.5 Å². The molecule has 3 aromatic rings. The Morgan fingerprint density at radius 3 is 2.67 bits per heavy atom. The van der Waals surface area contributed by atoms with Crippen molar-refractivity contribution in [3.05, 3.63) is 71.2 Å². The summed E-state index contributed by atoms with van der Waals surface area (Å²) in [6, 6.07) is 17.4. The summed E-state index contributed by atoms with van der Waals surface area (Å²) < 4.78 is 5.39. The van der Waals surface area contributed by atoms with Crippen LogP contribution in [0.2, 0.25) is 0 Å². The quantitative estimate of drug-likeness (QED) is 0.645. The standard InChI is InChI=1S/C21H18N2O3S/c1-14(20(24)23-12-11-15-7-5-6-10-18(15)23)26-21(25)17-13-27-19(22-17)16-8-3-2-4-9-16/h2-10,13-14H,11-12H2,1H3/t14-/m0/s1. The highest BCUT2D eigenvalue weighted by molar-refractivity contribution is 7.13. The van der Waals surface area contributed by atoms with E-state index < -0.39 is 12.1 Å². The van der Waals surface area contributed by atoms with Crippen molar-refractivity contribution in [1.82, 2.24) is 4.98 Å². The second kappa shape index (κ2) is 7.32. The van der Waals surface area contributed by atoms with Crippen LogP contribution in [0, 0.1) is 0 Å². The van der Waals surface area contributed by atoms with Gasteiger partial charge < -0.3 is 9.64 Å². The fourth-order valence-electron chi connectivity index (χ4n) is 3.14. The molecular weight excluding hydrogens is 360 g/mol. The van der Waals surface area contributed by atoms with Crippen LogP contribution in [0.4, 0.5) is 5.69 Å². The third-order valence-corrected chi connectivity index (χ3v) is 5.41. The smallest absolute Gasteiger partial charge is 0.358 e. The second-order valence-corrected chi connectivity index (χ2v) is 7.18. The van der Waals surface area contributed by atoms with E-state index in [9.17, 15) is 9.59 Å². The third kappa shape index (κ3) is 3.48. The van der Waals surface area contributed by atoms with Crippen molar-refractivity contribution in [2.75, 3.05) is 11.4 Å². The molecule has 0 unspecified atom stereocenters. The predicted molar refractivity (Wildman–Crippen MR) is 105 cm³/mol. The first-order valence-corrected chi connectivity index (χ1v) is 9.62. The molecule has 0 bridgehead atoms. The molecule has 136 valence electrons. The summed E-state index contributed by atoms with van der Waals surface area (Å²) in [6.45, 7) is 2.21. The van der Waals surface area contributed by atoms with Crippen LogP contribution < -0.4 is 4.90 Å². The highest BCUT2D eigenvalue weighted by Gasteiger charge is 2.30. The fraction of sp³-hybridized carbons (Fsp3) is 0.190. The SMILES string of the molecule is C[C@H](OC(=O)c1csc(-c2ccccc2)n1)C(=O)N1CCc2ccccc21. The maximum Gasteiger partial charge on any atom is 0.358 e. The van der Waals surface area contributed by atoms with E-state index in [1.165, 1.54) is 11.3 Å². The lowest BCUT2D eigenvalue weighted by Gasteiger charge is -2.21. The number of hydrogen-bond donors (Lipinski definition) is 0. The second-order valence-electron chi connectivity index (χ2n) is 6.32. The van der Waals surface area contributed by atoms with Gasteiger partial charge in [0.2, 0.25) is 0 Å². The summed E-state index contributed by atoms with van der Waals surface area (Å²) in [5, 5.41) is 2.41. The molecule has 1 atom stereocenters. The molecule has 27 heavy (non-hydrogen) atoms. The number of aromatic nitrogens is 1. The zero-order valence-corrected chi connectivity index (χ0v) is 15.6. The number of hydrogen-bond acceptors (Lipinski definition) is 5. The van der Waals surface area contributed by atoms with Crippen LogP contribution in [0.3, 0.4) is 0 Å². The van der Waals surface area contributed by atoms with Gasteiger partial charge in [0.15, 0.2) is 11.8 Å². The summed E-state index contributed by atoms with van der Waals surface area (Å²) in [4.78, 5) is 31.2. The topological polar surface area (TPSA) is 59.5 Å². The van der Waals surface area contributed by atoms with Crippen molar-refractivity contribution in [2.24, 2.45) is 0 Å². The Hall–Kier alpha value is -2.99. The van der Waals surface area contributed by atoms with Crippen molar-refractivity contribution in [3.63, 3.8) is 0 Å². The lowest BCUT2D eigenvalue weighted by atomic mass is 10.2. The third-order valence-electron chi connectivity index (χ3n) is 4.52. The zero-order valence-electron chi connectivity index (χ0n) is 14.8. The Morgan fingerprint density at radius 2 is 1.85 bits per heavy atom. The van der Waals surface area contributed by atoms with Gasteiger partial charge in [-0.25, -0.2) is 9.78 Å². The molecule has 1 aliphatic rings. The number of benzene rings is 2. The van der Waals surface area contributed by atoms with Gasteiger partial charge in [-0.05, 0) is 25.0 Å². The van der Waals surface area contributed by atoms with Gasteiger partial charge in [-0.15, -0.1) is 11.3 Å². The van der Waals surface area contributed by atoms with Crippen LogP contribution in [-0.4, -0.2) is 29.5 Å². The first-order valence-electron chi connectivity index (χ1n) is 8.74. The molecule has 2 heterocycles. The lowest BCUT2D eigenvalue weighted by molar-refractivity contribution is -0.126. The van der Waals surface area contributed by atoms with Crippen molar-refractivity contribution in [3.8, 4) is 10.6 Å². The molecular formula is C21H18N2O3S. The van der Waals surface area contributed by atoms with Gasteiger partial charge in [-0.2, -0.15) is 0 Å². The summed E-state index contributed by atoms with van der Waals surface area (Å²) >= 11 is 1.38. The Bertz CT molecular complexity index is 984. The van der Waals surface area contributed by atoms with E-state index in [2.05, 4.69) is 4.98 Å². The minimum absolute atomic E-state index is 0.216. The molecule has 1 amide bonds. The van der Waals surface area contributed by atoms with Crippen LogP contribution in [-0.2, 0) is 16.0 Å². The number of carbonyl (C=O) groups is 2. The van der Waals surface area contributed by atoms with E-state index in [4.69, 9.17) is 4.74 Å². The number of ether oxygens (including phenoxy) is 1. The van der Waals surface area contributed by atoms with Crippen molar-refractivity contribution in [2.45, 2.75) is 19.4 Å². The molecule has 4 rings (SSSR count). The van der Waals surface area contributed by atoms with E-state index in [1.54, 1.807) is 17.2 Å². The Labute approximate surface area is 161 Å². The molecule has 1 aromatic heterocycles. The van der Waals surface area contributed by atoms with E-state index in [-0.39, 0.29) is 11.6 Å². The largest absolute Gasteiger partial charge is 0.448 e. The summed E-state index contributed by atoms with van der Waals surface area (Å²) in [5.74, 6) is -0.798. The minimum Gasteiger partial charge on any atom is -0.448 e. The van der Waals surface area contributed by atoms with Gasteiger partial charge in [-0.3, -0.25) is 4.79 Å². The first-order chi connectivity index (χ1) is 13.1. The highest BCUT2D eigenvalue weighted by atomic mass is 32.1. The average molecular weight is 378 g/mol. The predicted octanol–water partition coefficient (Wildman–Crippen LogP) is 3.94. The molecule has 5 nitrogen and oxygen atoms in total. The maximum absolute atomic E-state index is 12.7. The number of fused-ring (bicyclic) bond motifs is 1. The number of nitrogens with zero attached hydrogens (tertiary/aromatic N) is 2.